The number of carbonyl (C=O) groups excluding carboxylic acids is 5. The molecule has 1 aromatic rings. The number of benzene rings is 1. The molecule has 9 atom stereocenters. The van der Waals surface area contributed by atoms with Crippen LogP contribution in [0, 0.1) is 29.6 Å². The molecule has 0 bridgehead atoms. The smallest absolute Gasteiger partial charge is 0.309 e. The maximum Gasteiger partial charge on any atom is 0.309 e. The summed E-state index contributed by atoms with van der Waals surface area (Å²) in [6.45, 7) is 10.3. The molecule has 314 valence electrons. The van der Waals surface area contributed by atoms with Gasteiger partial charge in [-0.25, -0.2) is 0 Å². The summed E-state index contributed by atoms with van der Waals surface area (Å²) in [6, 6.07) is 8.23. The van der Waals surface area contributed by atoms with Gasteiger partial charge in [0.2, 0.25) is 11.8 Å². The fourth-order valence-electron chi connectivity index (χ4n) is 8.55. The predicted octanol–water partition coefficient (Wildman–Crippen LogP) is 5.76. The zero-order valence-electron chi connectivity index (χ0n) is 35.7. The quantitative estimate of drug-likeness (QED) is 0.0518. The summed E-state index contributed by atoms with van der Waals surface area (Å²) in [5.41, 5.74) is 9.88. The van der Waals surface area contributed by atoms with Crippen LogP contribution in [0.1, 0.15) is 85.1 Å². The van der Waals surface area contributed by atoms with Crippen molar-refractivity contribution in [2.45, 2.75) is 116 Å². The zero-order valence-corrected chi connectivity index (χ0v) is 35.7. The van der Waals surface area contributed by atoms with E-state index in [1.807, 2.05) is 77.0 Å². The first-order chi connectivity index (χ1) is 26.6. The van der Waals surface area contributed by atoms with Gasteiger partial charge in [0.25, 0.3) is 0 Å². The van der Waals surface area contributed by atoms with Crippen molar-refractivity contribution in [3.05, 3.63) is 46.3 Å². The zero-order chi connectivity index (χ0) is 42.1. The molecule has 1 fully saturated rings. The predicted molar refractivity (Wildman–Crippen MR) is 215 cm³/mol. The van der Waals surface area contributed by atoms with Crippen LogP contribution in [0.4, 0.5) is 0 Å². The Bertz CT molecular complexity index is 1460. The maximum absolute atomic E-state index is 14.3. The molecule has 14 nitrogen and oxygen atoms in total. The van der Waals surface area contributed by atoms with Crippen molar-refractivity contribution in [2.24, 2.45) is 34.7 Å². The van der Waals surface area contributed by atoms with Crippen molar-refractivity contribution in [1.29, 1.82) is 0 Å². The number of ether oxygens (including phenoxy) is 3. The maximum atomic E-state index is 14.3. The number of rotatable bonds is 25. The topological polar surface area (TPSA) is 172 Å². The van der Waals surface area contributed by atoms with E-state index in [9.17, 15) is 24.0 Å². The van der Waals surface area contributed by atoms with Gasteiger partial charge in [-0.3, -0.25) is 28.9 Å². The lowest BCUT2D eigenvalue weighted by Crippen LogP contribution is -2.54. The number of likely N-dealkylation sites (tertiary alicyclic amines) is 1. The van der Waals surface area contributed by atoms with Gasteiger partial charge in [0.05, 0.1) is 49.8 Å². The number of nitrogens with zero attached hydrogens (tertiary/aromatic N) is 6. The van der Waals surface area contributed by atoms with E-state index in [-0.39, 0.29) is 79.5 Å². The van der Waals surface area contributed by atoms with Gasteiger partial charge in [-0.15, -0.1) is 0 Å². The summed E-state index contributed by atoms with van der Waals surface area (Å²) in [4.78, 5) is 76.8. The average Bonchev–Trinajstić information content (AvgIpc) is 3.66. The number of hydrogen-bond acceptors (Lipinski definition) is 10. The van der Waals surface area contributed by atoms with Gasteiger partial charge in [-0.1, -0.05) is 76.5 Å². The van der Waals surface area contributed by atoms with Crippen LogP contribution < -0.4 is 0 Å². The standard InChI is InChI=1S/C42H68N6O8/c1-12-28(4)39(47(8)41(52)31(20-21-44-45-43)24-35(50)38(27(2)3)46(6)7)36(54-9)26-37(51)48-22-16-19-33(48)40(55-10)29(5)34(49)25-32(42(53)56-11)23-30-17-14-13-15-18-30/h13-15,17-18,27-29,31-33,36,38-40H,12,16,19-26H2,1-11H3/t28-,29-,31+,32+,33-,36+,38-,39-,40+/m0/s1. The van der Waals surface area contributed by atoms with Crippen molar-refractivity contribution >= 4 is 29.4 Å². The third-order valence-corrected chi connectivity index (χ3v) is 11.6. The van der Waals surface area contributed by atoms with E-state index in [0.29, 0.717) is 25.8 Å². The van der Waals surface area contributed by atoms with E-state index in [4.69, 9.17) is 19.7 Å². The minimum absolute atomic E-state index is 0.00759. The first-order valence-corrected chi connectivity index (χ1v) is 20.0. The Balaban J connectivity index is 2.31. The molecule has 0 saturated carbocycles. The minimum atomic E-state index is -0.727. The van der Waals surface area contributed by atoms with E-state index in [0.717, 1.165) is 12.0 Å². The molecule has 1 aliphatic heterocycles. The lowest BCUT2D eigenvalue weighted by Gasteiger charge is -2.40. The summed E-state index contributed by atoms with van der Waals surface area (Å²) >= 11 is 0. The van der Waals surface area contributed by atoms with Crippen molar-refractivity contribution in [3.8, 4) is 0 Å². The molecule has 1 aromatic carbocycles. The molecule has 14 heteroatoms. The molecule has 0 radical (unpaired) electrons. The third-order valence-electron chi connectivity index (χ3n) is 11.6. The Morgan fingerprint density at radius 1 is 0.929 bits per heavy atom. The van der Waals surface area contributed by atoms with Gasteiger partial charge < -0.3 is 24.0 Å². The van der Waals surface area contributed by atoms with Gasteiger partial charge in [0.15, 0.2) is 5.78 Å². The van der Waals surface area contributed by atoms with Crippen LogP contribution >= 0.6 is 0 Å². The number of amides is 2. The first-order valence-electron chi connectivity index (χ1n) is 20.0. The minimum Gasteiger partial charge on any atom is -0.469 e. The van der Waals surface area contributed by atoms with Crippen molar-refractivity contribution in [1.82, 2.24) is 14.7 Å². The van der Waals surface area contributed by atoms with Crippen LogP contribution in [0.5, 0.6) is 0 Å². The normalized spacial score (nSPS) is 18.6. The lowest BCUT2D eigenvalue weighted by molar-refractivity contribution is -0.149. The highest BCUT2D eigenvalue weighted by Crippen LogP contribution is 2.31. The number of esters is 1. The third kappa shape index (κ3) is 13.4. The van der Waals surface area contributed by atoms with E-state index in [1.165, 1.54) is 14.2 Å². The average molecular weight is 785 g/mol. The number of carbonyl (C=O) groups is 5. The van der Waals surface area contributed by atoms with Crippen molar-refractivity contribution in [2.75, 3.05) is 55.6 Å². The largest absolute Gasteiger partial charge is 0.469 e. The molecular weight excluding hydrogens is 716 g/mol. The molecule has 2 amide bonds. The van der Waals surface area contributed by atoms with Gasteiger partial charge in [0.1, 0.15) is 5.78 Å². The Morgan fingerprint density at radius 3 is 2.11 bits per heavy atom. The van der Waals surface area contributed by atoms with E-state index in [1.54, 1.807) is 30.9 Å². The van der Waals surface area contributed by atoms with Crippen LogP contribution in [0.15, 0.2) is 35.4 Å². The number of likely N-dealkylation sites (N-methyl/N-ethyl adjacent to an activating group) is 2. The van der Waals surface area contributed by atoms with Crippen molar-refractivity contribution in [3.63, 3.8) is 0 Å². The molecule has 56 heavy (non-hydrogen) atoms. The summed E-state index contributed by atoms with van der Waals surface area (Å²) in [5, 5.41) is 3.66. The van der Waals surface area contributed by atoms with Crippen LogP contribution in [-0.2, 0) is 44.6 Å². The number of hydrogen-bond donors (Lipinski definition) is 0. The SMILES string of the molecule is CC[C@H](C)[C@@H]([C@@H](CC(=O)N1CCC[C@H]1[C@H](OC)[C@@H](C)C(=O)C[C@@H](Cc1ccccc1)C(=O)OC)OC)N(C)C(=O)[C@H](CCN=[N+]=[N-])CC(=O)[C@H](C(C)C)N(C)C. The van der Waals surface area contributed by atoms with Crippen molar-refractivity contribution < 1.29 is 38.2 Å². The number of azide groups is 1. The lowest BCUT2D eigenvalue weighted by atomic mass is 9.85. The van der Waals surface area contributed by atoms with Gasteiger partial charge in [-0.05, 0) is 62.7 Å². The second-order valence-corrected chi connectivity index (χ2v) is 15.9. The number of methoxy groups -OCH3 is 3. The molecule has 1 heterocycles. The van der Waals surface area contributed by atoms with E-state index in [2.05, 4.69) is 10.0 Å². The molecule has 0 unspecified atom stereocenters. The van der Waals surface area contributed by atoms with Crippen LogP contribution in [0.2, 0.25) is 0 Å². The van der Waals surface area contributed by atoms with E-state index >= 15 is 0 Å². The first kappa shape index (κ1) is 48.3. The molecule has 0 aromatic heterocycles. The van der Waals surface area contributed by atoms with Crippen LogP contribution in [-0.4, -0.2) is 130 Å². The Hall–Kier alpha value is -3.84. The fourth-order valence-corrected chi connectivity index (χ4v) is 8.55. The highest BCUT2D eigenvalue weighted by Gasteiger charge is 2.43. The molecule has 0 spiro atoms. The Kier molecular flexibility index (Phi) is 20.7. The highest BCUT2D eigenvalue weighted by atomic mass is 16.5. The molecule has 0 aliphatic carbocycles. The summed E-state index contributed by atoms with van der Waals surface area (Å²) in [7, 11) is 9.78. The molecule has 1 aliphatic rings. The van der Waals surface area contributed by atoms with Crippen LogP contribution in [0.3, 0.4) is 0 Å². The van der Waals surface area contributed by atoms with E-state index < -0.39 is 42.0 Å². The van der Waals surface area contributed by atoms with Gasteiger partial charge >= 0.3 is 5.97 Å². The summed E-state index contributed by atoms with van der Waals surface area (Å²) < 4.78 is 17.0. The highest BCUT2D eigenvalue weighted by molar-refractivity contribution is 5.90. The van der Waals surface area contributed by atoms with Gasteiger partial charge in [-0.2, -0.15) is 0 Å². The molecular formula is C42H68N6O8. The van der Waals surface area contributed by atoms with Crippen LogP contribution in [0.25, 0.3) is 10.4 Å². The second kappa shape index (κ2) is 24.0. The second-order valence-electron chi connectivity index (χ2n) is 15.9. The monoisotopic (exact) mass is 785 g/mol. The summed E-state index contributed by atoms with van der Waals surface area (Å²) in [6.07, 6.45) is 1.31. The molecule has 1 saturated heterocycles. The number of ketones is 2. The molecule has 2 rings (SSSR count). The summed E-state index contributed by atoms with van der Waals surface area (Å²) in [5.74, 6) is -3.13. The molecule has 0 N–H and O–H groups in total. The number of Topliss-reactive ketones (excluding diaryl/α,β-unsaturated/α-hetero) is 2. The fraction of sp³-hybridized carbons (Fsp3) is 0.738. The van der Waals surface area contributed by atoms with Gasteiger partial charge in [0, 0.05) is 63.9 Å². The Morgan fingerprint density at radius 2 is 1.57 bits per heavy atom. The Labute approximate surface area is 334 Å².